The van der Waals surface area contributed by atoms with E-state index in [0.717, 1.165) is 23.4 Å². The van der Waals surface area contributed by atoms with Gasteiger partial charge in [-0.1, -0.05) is 48.0 Å². The molecule has 0 fully saturated rings. The molecule has 2 aliphatic rings. The summed E-state index contributed by atoms with van der Waals surface area (Å²) in [5, 5.41) is 6.45. The molecule has 1 unspecified atom stereocenters. The largest absolute Gasteiger partial charge is 0.273 e. The van der Waals surface area contributed by atoms with E-state index in [1.165, 1.54) is 16.0 Å². The minimum Gasteiger partial charge on any atom is -0.273 e. The Morgan fingerprint density at radius 1 is 1.17 bits per heavy atom. The molecule has 2 heterocycles. The van der Waals surface area contributed by atoms with Gasteiger partial charge in [-0.05, 0) is 30.7 Å². The smallest absolute Gasteiger partial charge is 0.243 e. The van der Waals surface area contributed by atoms with Gasteiger partial charge in [0.15, 0.2) is 0 Å². The van der Waals surface area contributed by atoms with Gasteiger partial charge in [0.2, 0.25) is 5.91 Å². The van der Waals surface area contributed by atoms with Crippen LogP contribution in [0.25, 0.3) is 0 Å². The first-order valence-corrected chi connectivity index (χ1v) is 9.36. The highest BCUT2D eigenvalue weighted by molar-refractivity contribution is 7.99. The Kier molecular flexibility index (Phi) is 4.15. The lowest BCUT2D eigenvalue weighted by atomic mass is 9.90. The van der Waals surface area contributed by atoms with Crippen molar-refractivity contribution in [2.24, 2.45) is 11.0 Å². The fraction of sp³-hybridized carbons (Fsp3) is 0.300. The van der Waals surface area contributed by atoms with Crippen molar-refractivity contribution in [1.82, 2.24) is 5.01 Å². The third-order valence-corrected chi connectivity index (χ3v) is 5.77. The van der Waals surface area contributed by atoms with Crippen LogP contribution < -0.4 is 0 Å². The van der Waals surface area contributed by atoms with Gasteiger partial charge in [0.25, 0.3) is 0 Å². The number of hydrazone groups is 1. The molecule has 0 saturated heterocycles. The lowest BCUT2D eigenvalue weighted by molar-refractivity contribution is -0.133. The van der Waals surface area contributed by atoms with E-state index >= 15 is 0 Å². The first-order valence-electron chi connectivity index (χ1n) is 8.37. The zero-order valence-electron chi connectivity index (χ0n) is 13.7. The molecular weight excluding hydrogens is 316 g/mol. The normalized spacial score (nSPS) is 20.0. The van der Waals surface area contributed by atoms with E-state index in [-0.39, 0.29) is 11.8 Å². The number of rotatable bonds is 2. The van der Waals surface area contributed by atoms with Gasteiger partial charge in [0, 0.05) is 22.8 Å². The third kappa shape index (κ3) is 2.98. The van der Waals surface area contributed by atoms with Crippen molar-refractivity contribution in [3.05, 3.63) is 65.2 Å². The quantitative estimate of drug-likeness (QED) is 0.821. The second kappa shape index (κ2) is 6.44. The maximum atomic E-state index is 12.6. The third-order valence-electron chi connectivity index (χ3n) is 4.66. The monoisotopic (exact) mass is 336 g/mol. The Hall–Kier alpha value is -2.07. The zero-order valence-corrected chi connectivity index (χ0v) is 14.6. The van der Waals surface area contributed by atoms with E-state index in [4.69, 9.17) is 5.10 Å². The summed E-state index contributed by atoms with van der Waals surface area (Å²) >= 11 is 1.87. The molecule has 0 aliphatic carbocycles. The summed E-state index contributed by atoms with van der Waals surface area (Å²) in [5.74, 6) is 1.43. The molecule has 0 saturated carbocycles. The Balaban J connectivity index is 1.69. The van der Waals surface area contributed by atoms with Crippen molar-refractivity contribution >= 4 is 23.4 Å². The van der Waals surface area contributed by atoms with Gasteiger partial charge in [-0.2, -0.15) is 5.10 Å². The predicted molar refractivity (Wildman–Crippen MR) is 98.2 cm³/mol. The van der Waals surface area contributed by atoms with Gasteiger partial charge in [0.05, 0.1) is 12.3 Å². The van der Waals surface area contributed by atoms with Crippen molar-refractivity contribution in [3.8, 4) is 0 Å². The van der Waals surface area contributed by atoms with Crippen LogP contribution in [0.1, 0.15) is 29.5 Å². The van der Waals surface area contributed by atoms with Crippen LogP contribution in [0.3, 0.4) is 0 Å². The summed E-state index contributed by atoms with van der Waals surface area (Å²) in [7, 11) is 0. The number of carbonyl (C=O) groups excluding carboxylic acids is 1. The molecular formula is C20H20N2OS. The van der Waals surface area contributed by atoms with E-state index in [9.17, 15) is 4.79 Å². The highest BCUT2D eigenvalue weighted by Gasteiger charge is 2.32. The van der Waals surface area contributed by atoms with Crippen molar-refractivity contribution in [2.75, 3.05) is 5.75 Å². The Morgan fingerprint density at radius 2 is 1.96 bits per heavy atom. The number of aryl methyl sites for hydroxylation is 1. The SMILES string of the molecule is Cc1ccc(CN2N=C3c4ccccc4SCCC3CC2=O)cc1. The number of carbonyl (C=O) groups is 1. The van der Waals surface area contributed by atoms with Crippen LogP contribution in [0.5, 0.6) is 0 Å². The fourth-order valence-corrected chi connectivity index (χ4v) is 4.42. The molecule has 0 spiro atoms. The van der Waals surface area contributed by atoms with Crippen LogP contribution in [-0.2, 0) is 11.3 Å². The summed E-state index contributed by atoms with van der Waals surface area (Å²) in [6.07, 6.45) is 1.59. The molecule has 0 radical (unpaired) electrons. The van der Waals surface area contributed by atoms with Crippen molar-refractivity contribution in [1.29, 1.82) is 0 Å². The van der Waals surface area contributed by atoms with Gasteiger partial charge in [-0.25, -0.2) is 5.01 Å². The summed E-state index contributed by atoms with van der Waals surface area (Å²) in [5.41, 5.74) is 4.63. The van der Waals surface area contributed by atoms with E-state index in [2.05, 4.69) is 55.5 Å². The first-order chi connectivity index (χ1) is 11.7. The maximum absolute atomic E-state index is 12.6. The standard InChI is InChI=1S/C20H20N2OS/c1-14-6-8-15(9-7-14)13-22-19(23)12-16-10-11-24-18-5-3-2-4-17(18)20(16)21-22/h2-9,16H,10-13H2,1H3. The van der Waals surface area contributed by atoms with Crippen molar-refractivity contribution in [2.45, 2.75) is 31.2 Å². The number of amides is 1. The molecule has 0 N–H and O–H groups in total. The number of fused-ring (bicyclic) bond motifs is 3. The molecule has 122 valence electrons. The molecule has 2 aromatic carbocycles. The molecule has 1 amide bonds. The van der Waals surface area contributed by atoms with Gasteiger partial charge in [-0.3, -0.25) is 4.79 Å². The molecule has 4 heteroatoms. The molecule has 2 aromatic rings. The summed E-state index contributed by atoms with van der Waals surface area (Å²) in [6, 6.07) is 16.7. The average molecular weight is 336 g/mol. The Morgan fingerprint density at radius 3 is 2.79 bits per heavy atom. The maximum Gasteiger partial charge on any atom is 0.243 e. The zero-order chi connectivity index (χ0) is 16.5. The van der Waals surface area contributed by atoms with Crippen LogP contribution in [0.4, 0.5) is 0 Å². The average Bonchev–Trinajstić information content (AvgIpc) is 2.76. The van der Waals surface area contributed by atoms with Crippen LogP contribution >= 0.6 is 11.8 Å². The minimum atomic E-state index is 0.133. The highest BCUT2D eigenvalue weighted by Crippen LogP contribution is 2.35. The van der Waals surface area contributed by atoms with Crippen LogP contribution in [-0.4, -0.2) is 22.4 Å². The number of nitrogens with zero attached hydrogens (tertiary/aromatic N) is 2. The first kappa shape index (κ1) is 15.5. The van der Waals surface area contributed by atoms with Gasteiger partial charge >= 0.3 is 0 Å². The van der Waals surface area contributed by atoms with Crippen LogP contribution in [0.15, 0.2) is 58.5 Å². The number of hydrogen-bond donors (Lipinski definition) is 0. The van der Waals surface area contributed by atoms with Gasteiger partial charge in [0.1, 0.15) is 0 Å². The fourth-order valence-electron chi connectivity index (χ4n) is 3.30. The molecule has 3 nitrogen and oxygen atoms in total. The number of hydrogen-bond acceptors (Lipinski definition) is 3. The number of benzene rings is 2. The lowest BCUT2D eigenvalue weighted by Gasteiger charge is -2.29. The van der Waals surface area contributed by atoms with Crippen LogP contribution in [0, 0.1) is 12.8 Å². The van der Waals surface area contributed by atoms with Crippen molar-refractivity contribution < 1.29 is 4.79 Å². The van der Waals surface area contributed by atoms with E-state index in [1.54, 1.807) is 5.01 Å². The predicted octanol–water partition coefficient (Wildman–Crippen LogP) is 4.24. The number of thioether (sulfide) groups is 1. The molecule has 0 bridgehead atoms. The highest BCUT2D eigenvalue weighted by atomic mass is 32.2. The topological polar surface area (TPSA) is 32.7 Å². The second-order valence-corrected chi connectivity index (χ2v) is 7.59. The van der Waals surface area contributed by atoms with Crippen LogP contribution in [0.2, 0.25) is 0 Å². The lowest BCUT2D eigenvalue weighted by Crippen LogP contribution is -2.36. The summed E-state index contributed by atoms with van der Waals surface area (Å²) < 4.78 is 0. The van der Waals surface area contributed by atoms with Gasteiger partial charge in [-0.15, -0.1) is 11.8 Å². The molecule has 0 aromatic heterocycles. The molecule has 1 atom stereocenters. The summed E-state index contributed by atoms with van der Waals surface area (Å²) in [4.78, 5) is 13.8. The van der Waals surface area contributed by atoms with Crippen molar-refractivity contribution in [3.63, 3.8) is 0 Å². The van der Waals surface area contributed by atoms with E-state index in [1.807, 2.05) is 11.8 Å². The molecule has 24 heavy (non-hydrogen) atoms. The molecule has 2 aliphatic heterocycles. The Labute approximate surface area is 146 Å². The molecule has 4 rings (SSSR count). The van der Waals surface area contributed by atoms with E-state index in [0.29, 0.717) is 13.0 Å². The van der Waals surface area contributed by atoms with E-state index < -0.39 is 0 Å². The summed E-state index contributed by atoms with van der Waals surface area (Å²) in [6.45, 7) is 2.62. The second-order valence-electron chi connectivity index (χ2n) is 6.46. The Bertz CT molecular complexity index is 798. The minimum absolute atomic E-state index is 0.133. The van der Waals surface area contributed by atoms with Gasteiger partial charge < -0.3 is 0 Å².